The van der Waals surface area contributed by atoms with Gasteiger partial charge in [0.25, 0.3) is 5.91 Å². The van der Waals surface area contributed by atoms with Crippen LogP contribution in [-0.2, 0) is 14.3 Å². The van der Waals surface area contributed by atoms with Crippen molar-refractivity contribution in [3.05, 3.63) is 57.0 Å². The Morgan fingerprint density at radius 2 is 2.08 bits per heavy atom. The number of hydrogen-bond donors (Lipinski definition) is 1. The van der Waals surface area contributed by atoms with E-state index in [9.17, 15) is 9.59 Å². The number of thiazole rings is 1. The van der Waals surface area contributed by atoms with Crippen LogP contribution in [0.15, 0.2) is 35.7 Å². The molecule has 0 saturated carbocycles. The average molecular weight is 365 g/mol. The Labute approximate surface area is 149 Å². The summed E-state index contributed by atoms with van der Waals surface area (Å²) >= 11 is 7.32. The first-order valence-electron chi connectivity index (χ1n) is 7.26. The van der Waals surface area contributed by atoms with Crippen LogP contribution in [0.5, 0.6) is 0 Å². The highest BCUT2D eigenvalue weighted by molar-refractivity contribution is 7.09. The first-order valence-corrected chi connectivity index (χ1v) is 8.51. The normalized spacial score (nSPS) is 12.1. The summed E-state index contributed by atoms with van der Waals surface area (Å²) in [6.45, 7) is 3.39. The maximum absolute atomic E-state index is 11.8. The van der Waals surface area contributed by atoms with Gasteiger partial charge in [-0.3, -0.25) is 4.79 Å². The predicted molar refractivity (Wildman–Crippen MR) is 94.9 cm³/mol. The zero-order valence-electron chi connectivity index (χ0n) is 13.3. The van der Waals surface area contributed by atoms with Gasteiger partial charge in [-0.2, -0.15) is 0 Å². The number of carbonyl (C=O) groups excluding carboxylic acids is 2. The van der Waals surface area contributed by atoms with Gasteiger partial charge in [0.2, 0.25) is 0 Å². The molecule has 1 aromatic heterocycles. The molecule has 0 saturated heterocycles. The van der Waals surface area contributed by atoms with Gasteiger partial charge in [-0.15, -0.1) is 11.3 Å². The number of nitrogens with zero attached hydrogens (tertiary/aromatic N) is 1. The molecular weight excluding hydrogens is 348 g/mol. The number of amides is 1. The summed E-state index contributed by atoms with van der Waals surface area (Å²) in [5.74, 6) is -0.960. The molecule has 0 bridgehead atoms. The van der Waals surface area contributed by atoms with Gasteiger partial charge >= 0.3 is 5.97 Å². The molecular formula is C17H17ClN2O3S. The average Bonchev–Trinajstić information content (AvgIpc) is 2.97. The highest BCUT2D eigenvalue weighted by atomic mass is 35.5. The minimum Gasteiger partial charge on any atom is -0.452 e. The number of aromatic nitrogens is 1. The number of nitrogens with one attached hydrogen (secondary N) is 1. The van der Waals surface area contributed by atoms with Crippen LogP contribution in [0.25, 0.3) is 6.08 Å². The van der Waals surface area contributed by atoms with E-state index in [1.54, 1.807) is 18.2 Å². The van der Waals surface area contributed by atoms with Crippen LogP contribution in [0.3, 0.4) is 0 Å². The summed E-state index contributed by atoms with van der Waals surface area (Å²) in [7, 11) is 0. The number of carbonyl (C=O) groups is 2. The molecule has 2 rings (SSSR count). The first-order chi connectivity index (χ1) is 11.4. The van der Waals surface area contributed by atoms with Crippen LogP contribution in [0, 0.1) is 6.92 Å². The number of aryl methyl sites for hydroxylation is 1. The predicted octanol–water partition coefficient (Wildman–Crippen LogP) is 3.54. The van der Waals surface area contributed by atoms with Crippen LogP contribution in [0.4, 0.5) is 0 Å². The molecule has 0 aliphatic heterocycles. The SMILES string of the molecule is Cc1nc(/C=C/C(=O)OCC(=O)NC(C)c2ccc(Cl)cc2)cs1. The third-order valence-electron chi connectivity index (χ3n) is 3.12. The number of rotatable bonds is 6. The summed E-state index contributed by atoms with van der Waals surface area (Å²) in [5, 5.41) is 6.14. The minimum atomic E-state index is -0.588. The Hall–Kier alpha value is -2.18. The zero-order chi connectivity index (χ0) is 17.5. The van der Waals surface area contributed by atoms with Gasteiger partial charge in [-0.25, -0.2) is 9.78 Å². The smallest absolute Gasteiger partial charge is 0.331 e. The summed E-state index contributed by atoms with van der Waals surface area (Å²) in [5.41, 5.74) is 1.60. The Bertz CT molecular complexity index is 741. The fourth-order valence-electron chi connectivity index (χ4n) is 1.91. The van der Waals surface area contributed by atoms with E-state index in [-0.39, 0.29) is 18.6 Å². The molecule has 0 aliphatic rings. The summed E-state index contributed by atoms with van der Waals surface area (Å²) < 4.78 is 4.90. The largest absolute Gasteiger partial charge is 0.452 e. The second kappa shape index (κ2) is 8.61. The molecule has 2 aromatic rings. The number of halogens is 1. The van der Waals surface area contributed by atoms with Crippen molar-refractivity contribution in [3.8, 4) is 0 Å². The first kappa shape index (κ1) is 18.2. The standard InChI is InChI=1S/C17H17ClN2O3S/c1-11(13-3-5-14(18)6-4-13)19-16(21)9-23-17(22)8-7-15-10-24-12(2)20-15/h3-8,10-11H,9H2,1-2H3,(H,19,21)/b8-7+. The van der Waals surface area contributed by atoms with E-state index in [0.717, 1.165) is 10.6 Å². The Kier molecular flexibility index (Phi) is 6.52. The van der Waals surface area contributed by atoms with Crippen LogP contribution in [0.2, 0.25) is 5.02 Å². The van der Waals surface area contributed by atoms with Gasteiger partial charge in [-0.1, -0.05) is 23.7 Å². The lowest BCUT2D eigenvalue weighted by molar-refractivity contribution is -0.144. The molecule has 1 N–H and O–H groups in total. The summed E-state index contributed by atoms with van der Waals surface area (Å²) in [6.07, 6.45) is 2.81. The number of ether oxygens (including phenoxy) is 1. The van der Waals surface area contributed by atoms with Crippen molar-refractivity contribution in [2.75, 3.05) is 6.61 Å². The molecule has 7 heteroatoms. The van der Waals surface area contributed by atoms with Crippen LogP contribution >= 0.6 is 22.9 Å². The lowest BCUT2D eigenvalue weighted by Gasteiger charge is -2.14. The number of esters is 1. The van der Waals surface area contributed by atoms with Crippen molar-refractivity contribution >= 4 is 40.9 Å². The highest BCUT2D eigenvalue weighted by Crippen LogP contribution is 2.15. The lowest BCUT2D eigenvalue weighted by atomic mass is 10.1. The van der Waals surface area contributed by atoms with E-state index in [2.05, 4.69) is 10.3 Å². The molecule has 1 unspecified atom stereocenters. The van der Waals surface area contributed by atoms with Gasteiger partial charge in [0.15, 0.2) is 6.61 Å². The molecule has 0 aliphatic carbocycles. The van der Waals surface area contributed by atoms with Gasteiger partial charge in [0, 0.05) is 16.5 Å². The van der Waals surface area contributed by atoms with Crippen molar-refractivity contribution in [1.29, 1.82) is 0 Å². The van der Waals surface area contributed by atoms with E-state index >= 15 is 0 Å². The quantitative estimate of drug-likeness (QED) is 0.628. The molecule has 0 radical (unpaired) electrons. The van der Waals surface area contributed by atoms with Crippen molar-refractivity contribution in [2.45, 2.75) is 19.9 Å². The summed E-state index contributed by atoms with van der Waals surface area (Å²) in [4.78, 5) is 27.6. The van der Waals surface area contributed by atoms with Crippen molar-refractivity contribution in [2.24, 2.45) is 0 Å². The molecule has 1 aromatic carbocycles. The third kappa shape index (κ3) is 5.79. The molecule has 0 spiro atoms. The van der Waals surface area contributed by atoms with Crippen molar-refractivity contribution < 1.29 is 14.3 Å². The molecule has 5 nitrogen and oxygen atoms in total. The molecule has 24 heavy (non-hydrogen) atoms. The molecule has 1 atom stereocenters. The van der Waals surface area contributed by atoms with Crippen molar-refractivity contribution in [1.82, 2.24) is 10.3 Å². The monoisotopic (exact) mass is 364 g/mol. The molecule has 0 fully saturated rings. The Morgan fingerprint density at radius 3 is 2.71 bits per heavy atom. The third-order valence-corrected chi connectivity index (χ3v) is 4.16. The van der Waals surface area contributed by atoms with Crippen LogP contribution < -0.4 is 5.32 Å². The molecule has 1 amide bonds. The highest BCUT2D eigenvalue weighted by Gasteiger charge is 2.11. The molecule has 126 valence electrons. The van der Waals surface area contributed by atoms with Crippen LogP contribution in [0.1, 0.15) is 29.2 Å². The van der Waals surface area contributed by atoms with Gasteiger partial charge in [-0.05, 0) is 37.6 Å². The zero-order valence-corrected chi connectivity index (χ0v) is 14.9. The van der Waals surface area contributed by atoms with E-state index in [0.29, 0.717) is 10.7 Å². The topological polar surface area (TPSA) is 68.3 Å². The lowest BCUT2D eigenvalue weighted by Crippen LogP contribution is -2.30. The second-order valence-electron chi connectivity index (χ2n) is 5.07. The van der Waals surface area contributed by atoms with Gasteiger partial charge < -0.3 is 10.1 Å². The maximum atomic E-state index is 11.8. The Morgan fingerprint density at radius 1 is 1.38 bits per heavy atom. The van der Waals surface area contributed by atoms with Crippen LogP contribution in [-0.4, -0.2) is 23.5 Å². The van der Waals surface area contributed by atoms with E-state index in [1.807, 2.05) is 31.4 Å². The fourth-order valence-corrected chi connectivity index (χ4v) is 2.62. The van der Waals surface area contributed by atoms with E-state index < -0.39 is 5.97 Å². The van der Waals surface area contributed by atoms with Crippen molar-refractivity contribution in [3.63, 3.8) is 0 Å². The van der Waals surface area contributed by atoms with E-state index in [4.69, 9.17) is 16.3 Å². The van der Waals surface area contributed by atoms with E-state index in [1.165, 1.54) is 17.4 Å². The fraction of sp³-hybridized carbons (Fsp3) is 0.235. The number of benzene rings is 1. The number of hydrogen-bond acceptors (Lipinski definition) is 5. The summed E-state index contributed by atoms with van der Waals surface area (Å²) in [6, 6.07) is 6.96. The molecule has 1 heterocycles. The maximum Gasteiger partial charge on any atom is 0.331 e. The minimum absolute atomic E-state index is 0.206. The Balaban J connectivity index is 1.76. The van der Waals surface area contributed by atoms with Gasteiger partial charge in [0.1, 0.15) is 0 Å². The van der Waals surface area contributed by atoms with Gasteiger partial charge in [0.05, 0.1) is 16.7 Å². The second-order valence-corrected chi connectivity index (χ2v) is 6.57.